The van der Waals surface area contributed by atoms with Gasteiger partial charge in [0.25, 0.3) is 0 Å². The van der Waals surface area contributed by atoms with Crippen molar-refractivity contribution in [1.29, 1.82) is 0 Å². The monoisotopic (exact) mass is 348 g/mol. The Labute approximate surface area is 138 Å². The molecule has 0 heterocycles. The van der Waals surface area contributed by atoms with Crippen molar-refractivity contribution >= 4 is 17.5 Å². The number of hydrogen-bond donors (Lipinski definition) is 4. The summed E-state index contributed by atoms with van der Waals surface area (Å²) in [6.07, 6.45) is -4.43. The average Bonchev–Trinajstić information content (AvgIpc) is 2.50. The highest BCUT2D eigenvalue weighted by molar-refractivity contribution is 6.32. The van der Waals surface area contributed by atoms with Crippen molar-refractivity contribution in [2.45, 2.75) is 13.1 Å². The van der Waals surface area contributed by atoms with Crippen LogP contribution in [0, 0.1) is 0 Å². The summed E-state index contributed by atoms with van der Waals surface area (Å²) in [7, 11) is 3.92. The van der Waals surface area contributed by atoms with E-state index < -0.39 is 17.7 Å². The van der Waals surface area contributed by atoms with Crippen LogP contribution < -0.4 is 20.7 Å². The highest BCUT2D eigenvalue weighted by atomic mass is 19.4. The summed E-state index contributed by atoms with van der Waals surface area (Å²) in [6.45, 7) is 3.09. The number of carbonyl (C=O) groups is 1. The zero-order valence-corrected chi connectivity index (χ0v) is 13.9. The van der Waals surface area contributed by atoms with E-state index >= 15 is 0 Å². The van der Waals surface area contributed by atoms with Crippen LogP contribution in [0.5, 0.6) is 0 Å². The molecule has 0 atom stereocenters. The number of amidine groups is 1. The highest BCUT2D eigenvalue weighted by Crippen LogP contribution is 2.30. The van der Waals surface area contributed by atoms with Crippen LogP contribution in [0.15, 0.2) is 24.3 Å². The Morgan fingerprint density at radius 3 is 2.62 bits per heavy atom. The maximum Gasteiger partial charge on any atom is 0.423 e. The van der Waals surface area contributed by atoms with Crippen molar-refractivity contribution in [3.63, 3.8) is 0 Å². The van der Waals surface area contributed by atoms with Gasteiger partial charge in [-0.3, -0.25) is 4.99 Å². The number of likely N-dealkylation sites (N-methyl/N-ethyl adjacent to an activating group) is 1. The molecule has 0 spiro atoms. The first-order chi connectivity index (χ1) is 11.2. The first-order valence-electron chi connectivity index (χ1n) is 7.50. The Morgan fingerprint density at radius 2 is 2.04 bits per heavy atom. The maximum atomic E-state index is 12.7. The number of carbonyl (C=O) groups excluding carboxylic acids is 1. The number of hydrazine groups is 1. The van der Waals surface area contributed by atoms with Crippen molar-refractivity contribution in [2.24, 2.45) is 0 Å². The molecule has 0 fully saturated rings. The molecule has 6 nitrogen and oxygen atoms in total. The first-order valence-corrected chi connectivity index (χ1v) is 7.50. The number of halogens is 3. The minimum Gasteiger partial charge on any atom is -0.457 e. The summed E-state index contributed by atoms with van der Waals surface area (Å²) < 4.78 is 43.0. The van der Waals surface area contributed by atoms with Crippen molar-refractivity contribution in [2.75, 3.05) is 39.2 Å². The minimum atomic E-state index is -4.43. The first kappa shape index (κ1) is 19.8. The van der Waals surface area contributed by atoms with Crippen LogP contribution in [-0.2, 0) is 15.7 Å². The third-order valence-corrected chi connectivity index (χ3v) is 2.93. The SMILES string of the molecule is CCOC(=O)C(NNc1cccc(C(F)(F)F)c1)=[NH+]CC[NH+](C)C. The van der Waals surface area contributed by atoms with Gasteiger partial charge in [0.2, 0.25) is 0 Å². The van der Waals surface area contributed by atoms with Gasteiger partial charge in [0.05, 0.1) is 32.0 Å². The molecule has 0 saturated heterocycles. The molecule has 0 unspecified atom stereocenters. The highest BCUT2D eigenvalue weighted by Gasteiger charge is 2.30. The Balaban J connectivity index is 2.78. The third kappa shape index (κ3) is 6.86. The predicted octanol–water partition coefficient (Wildman–Crippen LogP) is -1.19. The lowest BCUT2D eigenvalue weighted by atomic mass is 10.2. The van der Waals surface area contributed by atoms with Gasteiger partial charge in [-0.15, -0.1) is 0 Å². The Morgan fingerprint density at radius 1 is 1.33 bits per heavy atom. The van der Waals surface area contributed by atoms with E-state index in [0.717, 1.165) is 18.7 Å². The minimum absolute atomic E-state index is 0.0375. The number of esters is 1. The summed E-state index contributed by atoms with van der Waals surface area (Å²) in [5.74, 6) is -0.582. The average molecular weight is 348 g/mol. The fourth-order valence-electron chi connectivity index (χ4n) is 1.72. The van der Waals surface area contributed by atoms with Gasteiger partial charge in [-0.2, -0.15) is 18.6 Å². The van der Waals surface area contributed by atoms with Crippen molar-refractivity contribution in [3.8, 4) is 0 Å². The van der Waals surface area contributed by atoms with Gasteiger partial charge < -0.3 is 9.64 Å². The summed E-state index contributed by atoms with van der Waals surface area (Å²) in [5, 5.41) is 0. The number of alkyl halides is 3. The predicted molar refractivity (Wildman–Crippen MR) is 83.3 cm³/mol. The fourth-order valence-corrected chi connectivity index (χ4v) is 1.72. The second kappa shape index (κ2) is 9.11. The van der Waals surface area contributed by atoms with E-state index in [1.807, 2.05) is 14.1 Å². The molecule has 1 aromatic rings. The topological polar surface area (TPSA) is 68.8 Å². The number of anilines is 1. The molecule has 0 aromatic heterocycles. The Hall–Kier alpha value is -2.29. The molecule has 1 aromatic carbocycles. The van der Waals surface area contributed by atoms with Crippen molar-refractivity contribution in [1.82, 2.24) is 5.43 Å². The molecule has 0 aliphatic rings. The normalized spacial score (nSPS) is 12.2. The van der Waals surface area contributed by atoms with E-state index in [1.54, 1.807) is 6.92 Å². The number of rotatable bonds is 6. The van der Waals surface area contributed by atoms with Gasteiger partial charge in [-0.05, 0) is 25.1 Å². The lowest BCUT2D eigenvalue weighted by molar-refractivity contribution is -0.866. The van der Waals surface area contributed by atoms with E-state index in [0.29, 0.717) is 6.54 Å². The molecular weight excluding hydrogens is 325 g/mol. The molecule has 0 radical (unpaired) electrons. The number of benzene rings is 1. The largest absolute Gasteiger partial charge is 0.457 e. The quantitative estimate of drug-likeness (QED) is 0.226. The summed E-state index contributed by atoms with van der Waals surface area (Å²) in [5.41, 5.74) is 4.55. The smallest absolute Gasteiger partial charge is 0.423 e. The van der Waals surface area contributed by atoms with Crippen molar-refractivity contribution < 1.29 is 32.6 Å². The van der Waals surface area contributed by atoms with Crippen molar-refractivity contribution in [3.05, 3.63) is 29.8 Å². The summed E-state index contributed by atoms with van der Waals surface area (Å²) in [4.78, 5) is 15.9. The van der Waals surface area contributed by atoms with E-state index in [4.69, 9.17) is 4.74 Å². The van der Waals surface area contributed by atoms with Gasteiger partial charge in [-0.25, -0.2) is 10.2 Å². The second-order valence-corrected chi connectivity index (χ2v) is 5.31. The third-order valence-electron chi connectivity index (χ3n) is 2.93. The number of ether oxygens (including phenoxy) is 1. The maximum absolute atomic E-state index is 12.7. The lowest BCUT2D eigenvalue weighted by Gasteiger charge is -2.09. The van der Waals surface area contributed by atoms with Gasteiger partial charge in [0.1, 0.15) is 13.1 Å². The summed E-state index contributed by atoms with van der Waals surface area (Å²) in [6, 6.07) is 4.65. The van der Waals surface area contributed by atoms with Crippen LogP contribution in [0.3, 0.4) is 0 Å². The Bertz CT molecular complexity index is 574. The van der Waals surface area contributed by atoms with E-state index in [9.17, 15) is 18.0 Å². The molecule has 0 saturated carbocycles. The van der Waals surface area contributed by atoms with Crippen LogP contribution in [0.25, 0.3) is 0 Å². The van der Waals surface area contributed by atoms with Gasteiger partial charge in [0, 0.05) is 0 Å². The summed E-state index contributed by atoms with van der Waals surface area (Å²) >= 11 is 0. The fraction of sp³-hybridized carbons (Fsp3) is 0.467. The van der Waals surface area contributed by atoms with Crippen LogP contribution in [0.2, 0.25) is 0 Å². The van der Waals surface area contributed by atoms with Crippen LogP contribution in [-0.4, -0.2) is 45.6 Å². The van der Waals surface area contributed by atoms with Gasteiger partial charge in [-0.1, -0.05) is 6.07 Å². The molecule has 24 heavy (non-hydrogen) atoms. The Kier molecular flexibility index (Phi) is 7.50. The molecule has 1 rings (SSSR count). The van der Waals surface area contributed by atoms with Crippen LogP contribution >= 0.6 is 0 Å². The van der Waals surface area contributed by atoms with Gasteiger partial charge >= 0.3 is 18.0 Å². The standard InChI is InChI=1S/C15H21F3N4O2/c1-4-24-14(23)13(19-8-9-22(2)3)21-20-12-7-5-6-11(10-12)15(16,17)18/h5-7,10,20H,4,8-9H2,1-3H3,(H,19,21)/p+2. The second-order valence-electron chi connectivity index (χ2n) is 5.31. The number of hydrogen-bond acceptors (Lipinski definition) is 3. The van der Waals surface area contributed by atoms with E-state index in [-0.39, 0.29) is 18.1 Å². The van der Waals surface area contributed by atoms with E-state index in [1.165, 1.54) is 17.0 Å². The molecule has 0 aliphatic carbocycles. The molecule has 0 amide bonds. The lowest BCUT2D eigenvalue weighted by Crippen LogP contribution is -3.08. The van der Waals surface area contributed by atoms with Gasteiger partial charge in [0.15, 0.2) is 0 Å². The molecule has 4 N–H and O–H groups in total. The molecule has 9 heteroatoms. The molecular formula is C15H23F3N4O2+2. The molecule has 0 bridgehead atoms. The number of quaternary nitrogens is 1. The molecule has 0 aliphatic heterocycles. The van der Waals surface area contributed by atoms with Crippen LogP contribution in [0.1, 0.15) is 12.5 Å². The number of nitrogens with one attached hydrogen (secondary N) is 4. The van der Waals surface area contributed by atoms with E-state index in [2.05, 4.69) is 15.8 Å². The zero-order chi connectivity index (χ0) is 18.2. The molecule has 134 valence electrons. The van der Waals surface area contributed by atoms with Crippen LogP contribution in [0.4, 0.5) is 18.9 Å². The zero-order valence-electron chi connectivity index (χ0n) is 13.9.